The molecular formula is C17H23Cl2N3O. The van der Waals surface area contributed by atoms with Crippen LogP contribution in [-0.2, 0) is 11.3 Å². The van der Waals surface area contributed by atoms with Crippen LogP contribution in [0.3, 0.4) is 0 Å². The highest BCUT2D eigenvalue weighted by atomic mass is 35.5. The highest BCUT2D eigenvalue weighted by Crippen LogP contribution is 2.21. The number of nitrogens with two attached hydrogens (primary N) is 1. The number of halogens is 2. The van der Waals surface area contributed by atoms with E-state index < -0.39 is 0 Å². The molecule has 1 aromatic carbocycles. The number of nitrogens with zero attached hydrogens (tertiary/aromatic N) is 2. The lowest BCUT2D eigenvalue weighted by Gasteiger charge is -2.25. The number of pyridine rings is 1. The monoisotopic (exact) mass is 355 g/mol. The van der Waals surface area contributed by atoms with E-state index in [0.29, 0.717) is 6.54 Å². The van der Waals surface area contributed by atoms with E-state index >= 15 is 0 Å². The van der Waals surface area contributed by atoms with Gasteiger partial charge >= 0.3 is 0 Å². The highest BCUT2D eigenvalue weighted by molar-refractivity contribution is 5.85. The molecule has 1 amide bonds. The average molecular weight is 356 g/mol. The first-order chi connectivity index (χ1) is 10.1. The van der Waals surface area contributed by atoms with Gasteiger partial charge in [0.15, 0.2) is 0 Å². The number of rotatable bonds is 5. The largest absolute Gasteiger partial charge is 0.341 e. The maximum Gasteiger partial charge on any atom is 0.227 e. The predicted molar refractivity (Wildman–Crippen MR) is 97.7 cm³/mol. The molecule has 2 unspecified atom stereocenters. The van der Waals surface area contributed by atoms with Gasteiger partial charge in [-0.1, -0.05) is 37.3 Å². The molecule has 0 saturated heterocycles. The molecule has 126 valence electrons. The summed E-state index contributed by atoms with van der Waals surface area (Å²) in [6, 6.07) is 13.3. The Morgan fingerprint density at radius 2 is 1.70 bits per heavy atom. The fourth-order valence-corrected chi connectivity index (χ4v) is 2.31. The Kier molecular flexibility index (Phi) is 9.49. The van der Waals surface area contributed by atoms with E-state index in [0.717, 1.165) is 11.1 Å². The first kappa shape index (κ1) is 21.4. The van der Waals surface area contributed by atoms with E-state index in [2.05, 4.69) is 4.98 Å². The van der Waals surface area contributed by atoms with Crippen molar-refractivity contribution in [1.82, 2.24) is 9.88 Å². The summed E-state index contributed by atoms with van der Waals surface area (Å²) in [5, 5.41) is 0. The third kappa shape index (κ3) is 5.82. The van der Waals surface area contributed by atoms with Crippen molar-refractivity contribution < 1.29 is 4.79 Å². The maximum atomic E-state index is 12.5. The molecule has 6 heteroatoms. The van der Waals surface area contributed by atoms with Crippen molar-refractivity contribution in [1.29, 1.82) is 0 Å². The van der Waals surface area contributed by atoms with Crippen molar-refractivity contribution in [2.45, 2.75) is 19.5 Å². The van der Waals surface area contributed by atoms with Crippen molar-refractivity contribution in [3.8, 4) is 0 Å². The molecule has 2 rings (SSSR count). The minimum atomic E-state index is -0.293. The van der Waals surface area contributed by atoms with Crippen LogP contribution in [0, 0.1) is 5.92 Å². The molecular weight excluding hydrogens is 333 g/mol. The maximum absolute atomic E-state index is 12.5. The van der Waals surface area contributed by atoms with Crippen LogP contribution in [-0.4, -0.2) is 22.8 Å². The van der Waals surface area contributed by atoms with Crippen molar-refractivity contribution in [2.24, 2.45) is 11.7 Å². The summed E-state index contributed by atoms with van der Waals surface area (Å²) in [5.41, 5.74) is 8.25. The molecule has 0 spiro atoms. The van der Waals surface area contributed by atoms with Gasteiger partial charge in [0.05, 0.1) is 5.92 Å². The number of benzene rings is 1. The number of amides is 1. The lowest BCUT2D eigenvalue weighted by Crippen LogP contribution is -2.36. The lowest BCUT2D eigenvalue weighted by molar-refractivity contribution is -0.134. The van der Waals surface area contributed by atoms with Crippen molar-refractivity contribution >= 4 is 30.7 Å². The summed E-state index contributed by atoms with van der Waals surface area (Å²) in [6.07, 6.45) is 3.46. The van der Waals surface area contributed by atoms with Gasteiger partial charge in [-0.2, -0.15) is 0 Å². The van der Waals surface area contributed by atoms with E-state index in [1.807, 2.05) is 49.4 Å². The highest BCUT2D eigenvalue weighted by Gasteiger charge is 2.24. The van der Waals surface area contributed by atoms with E-state index in [9.17, 15) is 4.79 Å². The molecule has 0 aliphatic rings. The molecule has 1 aromatic heterocycles. The van der Waals surface area contributed by atoms with Gasteiger partial charge in [-0.05, 0) is 23.3 Å². The fraction of sp³-hybridized carbons (Fsp3) is 0.294. The standard InChI is InChI=1S/C17H21N3O.2ClH/c1-13(16(18)15-6-4-3-5-7-15)17(21)20(2)12-14-8-10-19-11-9-14;;/h3-11,13,16H,12,18H2,1-2H3;2*1H. The van der Waals surface area contributed by atoms with Gasteiger partial charge in [-0.25, -0.2) is 0 Å². The summed E-state index contributed by atoms with van der Waals surface area (Å²) >= 11 is 0. The number of hydrogen-bond donors (Lipinski definition) is 1. The zero-order valence-electron chi connectivity index (χ0n) is 13.3. The van der Waals surface area contributed by atoms with E-state index in [4.69, 9.17) is 5.73 Å². The quantitative estimate of drug-likeness (QED) is 0.895. The van der Waals surface area contributed by atoms with Crippen LogP contribution in [0.15, 0.2) is 54.9 Å². The molecule has 23 heavy (non-hydrogen) atoms. The molecule has 0 radical (unpaired) electrons. The third-order valence-corrected chi connectivity index (χ3v) is 3.66. The third-order valence-electron chi connectivity index (χ3n) is 3.66. The summed E-state index contributed by atoms with van der Waals surface area (Å²) in [6.45, 7) is 2.44. The van der Waals surface area contributed by atoms with E-state index in [1.54, 1.807) is 24.3 Å². The average Bonchev–Trinajstić information content (AvgIpc) is 2.54. The second-order valence-corrected chi connectivity index (χ2v) is 5.27. The van der Waals surface area contributed by atoms with Crippen LogP contribution >= 0.6 is 24.8 Å². The molecule has 0 fully saturated rings. The van der Waals surface area contributed by atoms with E-state index in [-0.39, 0.29) is 42.7 Å². The Hall–Kier alpha value is -1.62. The Morgan fingerprint density at radius 1 is 1.13 bits per heavy atom. The van der Waals surface area contributed by atoms with Gasteiger partial charge in [-0.15, -0.1) is 24.8 Å². The number of carbonyl (C=O) groups is 1. The molecule has 0 aliphatic carbocycles. The minimum absolute atomic E-state index is 0. The van der Waals surface area contributed by atoms with Crippen LogP contribution in [0.5, 0.6) is 0 Å². The molecule has 1 heterocycles. The van der Waals surface area contributed by atoms with Crippen LogP contribution in [0.1, 0.15) is 24.1 Å². The van der Waals surface area contributed by atoms with Crippen LogP contribution in [0.4, 0.5) is 0 Å². The molecule has 2 N–H and O–H groups in total. The summed E-state index contributed by atoms with van der Waals surface area (Å²) in [7, 11) is 1.80. The van der Waals surface area contributed by atoms with Gasteiger partial charge in [-0.3, -0.25) is 9.78 Å². The van der Waals surface area contributed by atoms with Crippen molar-refractivity contribution in [2.75, 3.05) is 7.05 Å². The van der Waals surface area contributed by atoms with Crippen LogP contribution in [0.25, 0.3) is 0 Å². The summed E-state index contributed by atoms with van der Waals surface area (Å²) < 4.78 is 0. The van der Waals surface area contributed by atoms with Gasteiger partial charge < -0.3 is 10.6 Å². The lowest BCUT2D eigenvalue weighted by atomic mass is 9.94. The van der Waals surface area contributed by atoms with Gasteiger partial charge in [0.2, 0.25) is 5.91 Å². The van der Waals surface area contributed by atoms with Gasteiger partial charge in [0.1, 0.15) is 0 Å². The Bertz CT molecular complexity index is 581. The first-order valence-corrected chi connectivity index (χ1v) is 7.04. The molecule has 2 atom stereocenters. The normalized spacial score (nSPS) is 12.3. The molecule has 2 aromatic rings. The van der Waals surface area contributed by atoms with Crippen molar-refractivity contribution in [3.63, 3.8) is 0 Å². The van der Waals surface area contributed by atoms with Gasteiger partial charge in [0, 0.05) is 32.0 Å². The Labute approximate surface area is 149 Å². The minimum Gasteiger partial charge on any atom is -0.341 e. The van der Waals surface area contributed by atoms with Gasteiger partial charge in [0.25, 0.3) is 0 Å². The zero-order chi connectivity index (χ0) is 15.2. The number of hydrogen-bond acceptors (Lipinski definition) is 3. The molecule has 0 aliphatic heterocycles. The topological polar surface area (TPSA) is 59.2 Å². The smallest absolute Gasteiger partial charge is 0.227 e. The second-order valence-electron chi connectivity index (χ2n) is 5.27. The Morgan fingerprint density at radius 3 is 2.26 bits per heavy atom. The molecule has 0 saturated carbocycles. The summed E-state index contributed by atoms with van der Waals surface area (Å²) in [5.74, 6) is -0.220. The first-order valence-electron chi connectivity index (χ1n) is 7.04. The van der Waals surface area contributed by atoms with Crippen LogP contribution < -0.4 is 5.73 Å². The predicted octanol–water partition coefficient (Wildman–Crippen LogP) is 3.22. The van der Waals surface area contributed by atoms with Crippen LogP contribution in [0.2, 0.25) is 0 Å². The second kappa shape index (κ2) is 10.2. The fourth-order valence-electron chi connectivity index (χ4n) is 2.31. The van der Waals surface area contributed by atoms with Crippen molar-refractivity contribution in [3.05, 3.63) is 66.0 Å². The zero-order valence-corrected chi connectivity index (χ0v) is 14.9. The summed E-state index contributed by atoms with van der Waals surface area (Å²) in [4.78, 5) is 18.2. The Balaban J connectivity index is 0.00000242. The van der Waals surface area contributed by atoms with E-state index in [1.165, 1.54) is 0 Å². The number of aromatic nitrogens is 1. The SMILES string of the molecule is CC(C(=O)N(C)Cc1ccncc1)C(N)c1ccccc1.Cl.Cl. The molecule has 0 bridgehead atoms. The molecule has 4 nitrogen and oxygen atoms in total. The number of carbonyl (C=O) groups excluding carboxylic acids is 1.